The molecule has 0 saturated carbocycles. The maximum absolute atomic E-state index is 11.6. The Kier molecular flexibility index (Phi) is 3.35. The lowest BCUT2D eigenvalue weighted by Gasteiger charge is -2.06. The number of amides is 1. The van der Waals surface area contributed by atoms with Crippen molar-refractivity contribution in [1.29, 1.82) is 0 Å². The van der Waals surface area contributed by atoms with Crippen LogP contribution in [0, 0.1) is 12.3 Å². The fraction of sp³-hybridized carbons (Fsp3) is 0.364. The number of aryl methyl sites for hydroxylation is 1. The molecule has 0 aliphatic heterocycles. The summed E-state index contributed by atoms with van der Waals surface area (Å²) >= 11 is 0. The lowest BCUT2D eigenvalue weighted by molar-refractivity contribution is 0.0946. The SMILES string of the molecule is C#CC(C)NC(=O)c1ccoc1CC. The molecule has 1 N–H and O–H groups in total. The molecule has 0 fully saturated rings. The van der Waals surface area contributed by atoms with Gasteiger partial charge in [0, 0.05) is 6.42 Å². The molecule has 74 valence electrons. The summed E-state index contributed by atoms with van der Waals surface area (Å²) in [7, 11) is 0. The van der Waals surface area contributed by atoms with E-state index in [9.17, 15) is 4.79 Å². The fourth-order valence-electron chi connectivity index (χ4n) is 1.13. The van der Waals surface area contributed by atoms with Crippen LogP contribution in [0.1, 0.15) is 30.0 Å². The molecular weight excluding hydrogens is 178 g/mol. The molecule has 1 aromatic rings. The zero-order valence-corrected chi connectivity index (χ0v) is 8.33. The Labute approximate surface area is 83.5 Å². The van der Waals surface area contributed by atoms with Crippen LogP contribution >= 0.6 is 0 Å². The highest BCUT2D eigenvalue weighted by molar-refractivity contribution is 5.95. The quantitative estimate of drug-likeness (QED) is 0.737. The molecule has 0 bridgehead atoms. The number of hydrogen-bond acceptors (Lipinski definition) is 2. The summed E-state index contributed by atoms with van der Waals surface area (Å²) in [5.41, 5.74) is 0.564. The Morgan fingerprint density at radius 3 is 3.07 bits per heavy atom. The summed E-state index contributed by atoms with van der Waals surface area (Å²) in [6, 6.07) is 1.39. The predicted octanol–water partition coefficient (Wildman–Crippen LogP) is 1.59. The molecule has 0 aromatic carbocycles. The summed E-state index contributed by atoms with van der Waals surface area (Å²) in [5, 5.41) is 2.67. The molecule has 1 rings (SSSR count). The van der Waals surface area contributed by atoms with E-state index >= 15 is 0 Å². The molecule has 1 unspecified atom stereocenters. The minimum Gasteiger partial charge on any atom is -0.469 e. The number of hydrogen-bond donors (Lipinski definition) is 1. The number of furan rings is 1. The molecule has 0 aliphatic rings. The van der Waals surface area contributed by atoms with Crippen molar-refractivity contribution in [2.24, 2.45) is 0 Å². The highest BCUT2D eigenvalue weighted by Gasteiger charge is 2.13. The van der Waals surface area contributed by atoms with Gasteiger partial charge in [0.05, 0.1) is 17.9 Å². The second kappa shape index (κ2) is 4.52. The lowest BCUT2D eigenvalue weighted by Crippen LogP contribution is -2.31. The van der Waals surface area contributed by atoms with Crippen LogP contribution in [-0.2, 0) is 6.42 Å². The van der Waals surface area contributed by atoms with Crippen LogP contribution in [-0.4, -0.2) is 11.9 Å². The van der Waals surface area contributed by atoms with Gasteiger partial charge in [-0.15, -0.1) is 6.42 Å². The first-order valence-electron chi connectivity index (χ1n) is 4.52. The van der Waals surface area contributed by atoms with Gasteiger partial charge in [-0.25, -0.2) is 0 Å². The average molecular weight is 191 g/mol. The molecule has 3 heteroatoms. The van der Waals surface area contributed by atoms with E-state index in [2.05, 4.69) is 11.2 Å². The number of rotatable bonds is 3. The highest BCUT2D eigenvalue weighted by atomic mass is 16.3. The van der Waals surface area contributed by atoms with Crippen LogP contribution in [0.25, 0.3) is 0 Å². The topological polar surface area (TPSA) is 42.2 Å². The van der Waals surface area contributed by atoms with E-state index in [0.29, 0.717) is 17.7 Å². The van der Waals surface area contributed by atoms with Crippen molar-refractivity contribution in [3.05, 3.63) is 23.7 Å². The molecular formula is C11H13NO2. The first kappa shape index (κ1) is 10.4. The van der Waals surface area contributed by atoms with Gasteiger partial charge in [0.25, 0.3) is 5.91 Å². The Bertz CT molecular complexity index is 360. The normalized spacial score (nSPS) is 11.8. The smallest absolute Gasteiger partial charge is 0.255 e. The predicted molar refractivity (Wildman–Crippen MR) is 53.8 cm³/mol. The summed E-state index contributed by atoms with van der Waals surface area (Å²) in [5.74, 6) is 2.94. The maximum Gasteiger partial charge on any atom is 0.255 e. The first-order chi connectivity index (χ1) is 6.69. The Hall–Kier alpha value is -1.69. The van der Waals surface area contributed by atoms with Crippen molar-refractivity contribution in [1.82, 2.24) is 5.32 Å². The highest BCUT2D eigenvalue weighted by Crippen LogP contribution is 2.10. The molecule has 1 aromatic heterocycles. The largest absolute Gasteiger partial charge is 0.469 e. The van der Waals surface area contributed by atoms with Gasteiger partial charge in [-0.1, -0.05) is 12.8 Å². The number of terminal acetylenes is 1. The van der Waals surface area contributed by atoms with Gasteiger partial charge >= 0.3 is 0 Å². The second-order valence-electron chi connectivity index (χ2n) is 2.97. The van der Waals surface area contributed by atoms with E-state index in [1.807, 2.05) is 6.92 Å². The van der Waals surface area contributed by atoms with E-state index in [-0.39, 0.29) is 11.9 Å². The van der Waals surface area contributed by atoms with Gasteiger partial charge in [-0.05, 0) is 13.0 Å². The number of carbonyl (C=O) groups is 1. The fourth-order valence-corrected chi connectivity index (χ4v) is 1.13. The van der Waals surface area contributed by atoms with Crippen LogP contribution in [0.15, 0.2) is 16.7 Å². The van der Waals surface area contributed by atoms with Crippen molar-refractivity contribution in [2.75, 3.05) is 0 Å². The number of nitrogens with one attached hydrogen (secondary N) is 1. The van der Waals surface area contributed by atoms with Crippen molar-refractivity contribution in [2.45, 2.75) is 26.3 Å². The van der Waals surface area contributed by atoms with Crippen LogP contribution in [0.5, 0.6) is 0 Å². The third-order valence-corrected chi connectivity index (χ3v) is 1.91. The monoisotopic (exact) mass is 191 g/mol. The van der Waals surface area contributed by atoms with Crippen molar-refractivity contribution in [3.63, 3.8) is 0 Å². The molecule has 0 radical (unpaired) electrons. The summed E-state index contributed by atoms with van der Waals surface area (Å²) in [6.07, 6.45) is 7.36. The minimum atomic E-state index is -0.262. The van der Waals surface area contributed by atoms with Gasteiger partial charge in [-0.3, -0.25) is 4.79 Å². The molecule has 0 aliphatic carbocycles. The second-order valence-corrected chi connectivity index (χ2v) is 2.97. The zero-order chi connectivity index (χ0) is 10.6. The molecule has 0 saturated heterocycles. The number of carbonyl (C=O) groups excluding carboxylic acids is 1. The van der Waals surface area contributed by atoms with Crippen LogP contribution in [0.2, 0.25) is 0 Å². The van der Waals surface area contributed by atoms with Crippen LogP contribution < -0.4 is 5.32 Å². The Morgan fingerprint density at radius 2 is 2.50 bits per heavy atom. The molecule has 1 atom stereocenters. The van der Waals surface area contributed by atoms with Gasteiger partial charge in [-0.2, -0.15) is 0 Å². The molecule has 0 spiro atoms. The van der Waals surface area contributed by atoms with Gasteiger partial charge in [0.15, 0.2) is 0 Å². The third-order valence-electron chi connectivity index (χ3n) is 1.91. The standard InChI is InChI=1S/C11H13NO2/c1-4-8(3)12-11(13)9-6-7-14-10(9)5-2/h1,6-8H,5H2,2-3H3,(H,12,13). The van der Waals surface area contributed by atoms with Crippen LogP contribution in [0.3, 0.4) is 0 Å². The molecule has 14 heavy (non-hydrogen) atoms. The summed E-state index contributed by atoms with van der Waals surface area (Å²) in [6.45, 7) is 3.68. The van der Waals surface area contributed by atoms with E-state index in [1.54, 1.807) is 13.0 Å². The zero-order valence-electron chi connectivity index (χ0n) is 8.33. The lowest BCUT2D eigenvalue weighted by atomic mass is 10.2. The first-order valence-corrected chi connectivity index (χ1v) is 4.52. The third kappa shape index (κ3) is 2.17. The maximum atomic E-state index is 11.6. The van der Waals surface area contributed by atoms with Gasteiger partial charge in [0.1, 0.15) is 5.76 Å². The van der Waals surface area contributed by atoms with Gasteiger partial charge < -0.3 is 9.73 Å². The van der Waals surface area contributed by atoms with Crippen molar-refractivity contribution >= 4 is 5.91 Å². The minimum absolute atomic E-state index is 0.180. The summed E-state index contributed by atoms with van der Waals surface area (Å²) < 4.78 is 5.14. The molecule has 1 amide bonds. The van der Waals surface area contributed by atoms with Crippen molar-refractivity contribution < 1.29 is 9.21 Å². The molecule has 1 heterocycles. The Balaban J connectivity index is 2.75. The molecule has 3 nitrogen and oxygen atoms in total. The van der Waals surface area contributed by atoms with E-state index in [1.165, 1.54) is 6.26 Å². The van der Waals surface area contributed by atoms with E-state index < -0.39 is 0 Å². The van der Waals surface area contributed by atoms with E-state index in [0.717, 1.165) is 0 Å². The Morgan fingerprint density at radius 1 is 1.79 bits per heavy atom. The van der Waals surface area contributed by atoms with Crippen molar-refractivity contribution in [3.8, 4) is 12.3 Å². The van der Waals surface area contributed by atoms with E-state index in [4.69, 9.17) is 10.8 Å². The van der Waals surface area contributed by atoms with Gasteiger partial charge in [0.2, 0.25) is 0 Å². The average Bonchev–Trinajstić information content (AvgIpc) is 2.65. The van der Waals surface area contributed by atoms with Crippen LogP contribution in [0.4, 0.5) is 0 Å². The summed E-state index contributed by atoms with van der Waals surface area (Å²) in [4.78, 5) is 11.6.